The molecule has 0 aliphatic carbocycles. The van der Waals surface area contributed by atoms with Gasteiger partial charge in [-0.05, 0) is 31.3 Å². The average molecular weight is 229 g/mol. The van der Waals surface area contributed by atoms with Gasteiger partial charge in [0.1, 0.15) is 0 Å². The molecule has 0 bridgehead atoms. The molecule has 1 rings (SSSR count). The first-order valence-corrected chi connectivity index (χ1v) is 6.21. The van der Waals surface area contributed by atoms with E-state index in [1.54, 1.807) is 0 Å². The molecule has 1 aliphatic heterocycles. The number of nitrogens with zero attached hydrogens (tertiary/aromatic N) is 1. The van der Waals surface area contributed by atoms with Crippen LogP contribution in [0.5, 0.6) is 0 Å². The maximum absolute atomic E-state index is 8.84. The summed E-state index contributed by atoms with van der Waals surface area (Å²) in [6, 6.07) is -0.137. The Balaban J connectivity index is 2.28. The zero-order chi connectivity index (χ0) is 12.2. The lowest BCUT2D eigenvalue weighted by atomic mass is 9.78. The Morgan fingerprint density at radius 3 is 2.75 bits per heavy atom. The van der Waals surface area contributed by atoms with E-state index in [1.165, 1.54) is 19.5 Å². The summed E-state index contributed by atoms with van der Waals surface area (Å²) < 4.78 is 0. The molecule has 0 spiro atoms. The van der Waals surface area contributed by atoms with Crippen LogP contribution in [0.3, 0.4) is 0 Å². The first kappa shape index (κ1) is 13.9. The van der Waals surface area contributed by atoms with Gasteiger partial charge in [0, 0.05) is 25.7 Å². The highest BCUT2D eigenvalue weighted by Gasteiger charge is 2.33. The molecule has 0 aromatic carbocycles. The van der Waals surface area contributed by atoms with Gasteiger partial charge in [-0.25, -0.2) is 0 Å². The molecular formula is C12H27N3O. The fourth-order valence-electron chi connectivity index (χ4n) is 2.36. The molecule has 96 valence electrons. The van der Waals surface area contributed by atoms with E-state index >= 15 is 0 Å². The lowest BCUT2D eigenvalue weighted by Gasteiger charge is -2.32. The second-order valence-corrected chi connectivity index (χ2v) is 5.81. The van der Waals surface area contributed by atoms with Crippen molar-refractivity contribution in [1.82, 2.24) is 10.2 Å². The molecule has 4 nitrogen and oxygen atoms in total. The monoisotopic (exact) mass is 229 g/mol. The van der Waals surface area contributed by atoms with Gasteiger partial charge in [-0.3, -0.25) is 0 Å². The zero-order valence-electron chi connectivity index (χ0n) is 10.9. The van der Waals surface area contributed by atoms with Gasteiger partial charge in [0.15, 0.2) is 0 Å². The molecule has 0 radical (unpaired) electrons. The lowest BCUT2D eigenvalue weighted by molar-refractivity contribution is 0.199. The third kappa shape index (κ3) is 4.01. The lowest BCUT2D eigenvalue weighted by Crippen LogP contribution is -2.43. The maximum Gasteiger partial charge on any atom is 0.0594 e. The average Bonchev–Trinajstić information content (AvgIpc) is 2.65. The summed E-state index contributed by atoms with van der Waals surface area (Å²) >= 11 is 0. The SMILES string of the molecule is CN1CCC(C(C)(C)CNCC(N)CO)C1. The summed E-state index contributed by atoms with van der Waals surface area (Å²) in [4.78, 5) is 2.39. The molecule has 2 unspecified atom stereocenters. The number of rotatable bonds is 6. The number of hydrogen-bond donors (Lipinski definition) is 3. The molecule has 1 fully saturated rings. The van der Waals surface area contributed by atoms with E-state index in [1.807, 2.05) is 0 Å². The van der Waals surface area contributed by atoms with Crippen LogP contribution >= 0.6 is 0 Å². The fourth-order valence-corrected chi connectivity index (χ4v) is 2.36. The summed E-state index contributed by atoms with van der Waals surface area (Å²) in [6.45, 7) is 8.76. The Bertz CT molecular complexity index is 208. The van der Waals surface area contributed by atoms with Gasteiger partial charge in [0.05, 0.1) is 6.61 Å². The van der Waals surface area contributed by atoms with Crippen LogP contribution in [0.2, 0.25) is 0 Å². The summed E-state index contributed by atoms with van der Waals surface area (Å²) in [7, 11) is 2.19. The maximum atomic E-state index is 8.84. The van der Waals surface area contributed by atoms with E-state index in [-0.39, 0.29) is 12.6 Å². The normalized spacial score (nSPS) is 24.9. The van der Waals surface area contributed by atoms with Crippen molar-refractivity contribution in [3.63, 3.8) is 0 Å². The van der Waals surface area contributed by atoms with Crippen LogP contribution < -0.4 is 11.1 Å². The highest BCUT2D eigenvalue weighted by atomic mass is 16.3. The van der Waals surface area contributed by atoms with Gasteiger partial charge in [-0.15, -0.1) is 0 Å². The smallest absolute Gasteiger partial charge is 0.0594 e. The zero-order valence-corrected chi connectivity index (χ0v) is 10.9. The van der Waals surface area contributed by atoms with Crippen LogP contribution in [0.15, 0.2) is 0 Å². The van der Waals surface area contributed by atoms with E-state index in [0.717, 1.165) is 12.5 Å². The van der Waals surface area contributed by atoms with Crippen molar-refractivity contribution in [2.45, 2.75) is 26.3 Å². The molecule has 2 atom stereocenters. The molecular weight excluding hydrogens is 202 g/mol. The van der Waals surface area contributed by atoms with E-state index in [2.05, 4.69) is 31.1 Å². The van der Waals surface area contributed by atoms with Gasteiger partial charge >= 0.3 is 0 Å². The van der Waals surface area contributed by atoms with Crippen LogP contribution in [0.1, 0.15) is 20.3 Å². The van der Waals surface area contributed by atoms with E-state index in [9.17, 15) is 0 Å². The van der Waals surface area contributed by atoms with Crippen LogP contribution in [0.4, 0.5) is 0 Å². The summed E-state index contributed by atoms with van der Waals surface area (Å²) in [5.74, 6) is 0.760. The molecule has 0 aromatic rings. The van der Waals surface area contributed by atoms with Crippen molar-refractivity contribution in [1.29, 1.82) is 0 Å². The van der Waals surface area contributed by atoms with Crippen LogP contribution in [0, 0.1) is 11.3 Å². The molecule has 4 heteroatoms. The van der Waals surface area contributed by atoms with Crippen LogP contribution in [-0.4, -0.2) is 55.9 Å². The molecule has 0 amide bonds. The minimum Gasteiger partial charge on any atom is -0.395 e. The molecule has 1 aliphatic rings. The first-order valence-electron chi connectivity index (χ1n) is 6.21. The Kier molecular flexibility index (Phi) is 5.18. The predicted molar refractivity (Wildman–Crippen MR) is 67.3 cm³/mol. The molecule has 4 N–H and O–H groups in total. The Labute approximate surface area is 99.2 Å². The van der Waals surface area contributed by atoms with Crippen LogP contribution in [-0.2, 0) is 0 Å². The van der Waals surface area contributed by atoms with Crippen molar-refractivity contribution in [3.8, 4) is 0 Å². The predicted octanol–water partition coefficient (Wildman–Crippen LogP) is -0.126. The number of nitrogens with one attached hydrogen (secondary N) is 1. The Morgan fingerprint density at radius 1 is 1.56 bits per heavy atom. The van der Waals surface area contributed by atoms with Gasteiger partial charge in [-0.2, -0.15) is 0 Å². The number of hydrogen-bond acceptors (Lipinski definition) is 4. The standard InChI is InChI=1S/C12H27N3O/c1-12(2,9-14-6-11(13)8-16)10-4-5-15(3)7-10/h10-11,14,16H,4-9,13H2,1-3H3. The summed E-state index contributed by atoms with van der Waals surface area (Å²) in [5.41, 5.74) is 5.96. The van der Waals surface area contributed by atoms with Gasteiger partial charge in [0.2, 0.25) is 0 Å². The highest BCUT2D eigenvalue weighted by Crippen LogP contribution is 2.32. The fraction of sp³-hybridized carbons (Fsp3) is 1.00. The van der Waals surface area contributed by atoms with Gasteiger partial charge < -0.3 is 21.1 Å². The third-order valence-electron chi connectivity index (χ3n) is 3.72. The first-order chi connectivity index (χ1) is 7.45. The Hall–Kier alpha value is -0.160. The number of likely N-dealkylation sites (tertiary alicyclic amines) is 1. The van der Waals surface area contributed by atoms with Crippen molar-refractivity contribution in [2.24, 2.45) is 17.1 Å². The number of aliphatic hydroxyl groups excluding tert-OH is 1. The quantitative estimate of drug-likeness (QED) is 0.594. The summed E-state index contributed by atoms with van der Waals surface area (Å²) in [6.07, 6.45) is 1.29. The molecule has 1 heterocycles. The van der Waals surface area contributed by atoms with Crippen LogP contribution in [0.25, 0.3) is 0 Å². The van der Waals surface area contributed by atoms with E-state index in [0.29, 0.717) is 12.0 Å². The topological polar surface area (TPSA) is 61.5 Å². The van der Waals surface area contributed by atoms with Gasteiger partial charge in [0.25, 0.3) is 0 Å². The molecule has 16 heavy (non-hydrogen) atoms. The largest absolute Gasteiger partial charge is 0.395 e. The Morgan fingerprint density at radius 2 is 2.25 bits per heavy atom. The number of aliphatic hydroxyl groups is 1. The van der Waals surface area contributed by atoms with Gasteiger partial charge in [-0.1, -0.05) is 13.8 Å². The minimum atomic E-state index is -0.137. The molecule has 1 saturated heterocycles. The van der Waals surface area contributed by atoms with Crippen molar-refractivity contribution < 1.29 is 5.11 Å². The minimum absolute atomic E-state index is 0.0552. The third-order valence-corrected chi connectivity index (χ3v) is 3.72. The summed E-state index contributed by atoms with van der Waals surface area (Å²) in [5, 5.41) is 12.2. The molecule has 0 saturated carbocycles. The second kappa shape index (κ2) is 5.96. The van der Waals surface area contributed by atoms with E-state index in [4.69, 9.17) is 10.8 Å². The van der Waals surface area contributed by atoms with E-state index < -0.39 is 0 Å². The second-order valence-electron chi connectivity index (χ2n) is 5.81. The molecule has 0 aromatic heterocycles. The van der Waals surface area contributed by atoms with Crippen molar-refractivity contribution in [3.05, 3.63) is 0 Å². The van der Waals surface area contributed by atoms with Crippen molar-refractivity contribution >= 4 is 0 Å². The van der Waals surface area contributed by atoms with Crippen molar-refractivity contribution in [2.75, 3.05) is 39.8 Å². The number of nitrogens with two attached hydrogens (primary N) is 1. The highest BCUT2D eigenvalue weighted by molar-refractivity contribution is 4.87.